The maximum Gasteiger partial charge on any atom is 0.248 e. The molecule has 0 aliphatic carbocycles. The summed E-state index contributed by atoms with van der Waals surface area (Å²) >= 11 is 0. The Kier molecular flexibility index (Phi) is 14.3. The van der Waals surface area contributed by atoms with Crippen LogP contribution in [0.25, 0.3) is 0 Å². The molecule has 0 aromatic carbocycles. The Hall–Kier alpha value is -1.39. The number of carbonyl (C=O) groups is 2. The summed E-state index contributed by atoms with van der Waals surface area (Å²) in [5, 5.41) is 0. The smallest absolute Gasteiger partial charge is 0.248 e. The van der Waals surface area contributed by atoms with Crippen LogP contribution in [0.1, 0.15) is 90.9 Å². The summed E-state index contributed by atoms with van der Waals surface area (Å²) in [4.78, 5) is 28.1. The van der Waals surface area contributed by atoms with Crippen LogP contribution in [-0.2, 0) is 9.59 Å². The highest BCUT2D eigenvalue weighted by molar-refractivity contribution is 5.93. The van der Waals surface area contributed by atoms with E-state index in [0.717, 1.165) is 12.8 Å². The molecule has 0 heterocycles. The average molecular weight is 340 g/mol. The van der Waals surface area contributed by atoms with Gasteiger partial charge in [0, 0.05) is 13.5 Å². The zero-order chi connectivity index (χ0) is 18.2. The molecule has 0 unspecified atom stereocenters. The number of Topliss-reactive ketones (excluding diaryl/α,β-unsaturated/α-hetero) is 1. The van der Waals surface area contributed by atoms with Crippen molar-refractivity contribution in [1.29, 1.82) is 0 Å². The predicted octanol–water partition coefficient (Wildman–Crippen LogP) is 4.05. The van der Waals surface area contributed by atoms with Gasteiger partial charge in [0.1, 0.15) is 5.78 Å². The number of aliphatic imine (C=N–C) groups is 1. The van der Waals surface area contributed by atoms with Gasteiger partial charge in [0.15, 0.2) is 5.96 Å². The van der Waals surface area contributed by atoms with Gasteiger partial charge in [-0.2, -0.15) is 4.99 Å². The highest BCUT2D eigenvalue weighted by atomic mass is 16.1. The third kappa shape index (κ3) is 14.2. The molecule has 24 heavy (non-hydrogen) atoms. The molecule has 0 rings (SSSR count). The first-order chi connectivity index (χ1) is 11.5. The van der Waals surface area contributed by atoms with Crippen molar-refractivity contribution in [3.8, 4) is 0 Å². The summed E-state index contributed by atoms with van der Waals surface area (Å²) in [6.07, 6.45) is 14.2. The van der Waals surface area contributed by atoms with Gasteiger partial charge in [-0.05, 0) is 13.3 Å². The van der Waals surface area contributed by atoms with Crippen molar-refractivity contribution in [2.75, 3.05) is 13.6 Å². The van der Waals surface area contributed by atoms with Crippen molar-refractivity contribution in [3.05, 3.63) is 0 Å². The molecule has 0 atom stereocenters. The molecule has 0 spiro atoms. The van der Waals surface area contributed by atoms with Gasteiger partial charge in [-0.25, -0.2) is 0 Å². The molecule has 0 aliphatic heterocycles. The van der Waals surface area contributed by atoms with E-state index < -0.39 is 0 Å². The Labute approximate surface area is 148 Å². The molecule has 0 aromatic heterocycles. The number of nitrogens with two attached hydrogens (primary N) is 1. The number of rotatable bonds is 14. The molecular weight excluding hydrogens is 302 g/mol. The minimum atomic E-state index is -0.196. The fourth-order valence-electron chi connectivity index (χ4n) is 2.62. The van der Waals surface area contributed by atoms with E-state index in [1.54, 1.807) is 7.05 Å². The first-order valence-electron chi connectivity index (χ1n) is 9.55. The molecule has 0 radical (unpaired) electrons. The normalized spacial score (nSPS) is 11.5. The summed E-state index contributed by atoms with van der Waals surface area (Å²) in [6, 6.07) is 0. The summed E-state index contributed by atoms with van der Waals surface area (Å²) in [7, 11) is 1.66. The summed E-state index contributed by atoms with van der Waals surface area (Å²) in [5.74, 6) is -0.0782. The van der Waals surface area contributed by atoms with Crippen LogP contribution in [0.3, 0.4) is 0 Å². The van der Waals surface area contributed by atoms with E-state index in [1.807, 2.05) is 0 Å². The van der Waals surface area contributed by atoms with Crippen LogP contribution in [0, 0.1) is 0 Å². The Balaban J connectivity index is 3.57. The predicted molar refractivity (Wildman–Crippen MR) is 101 cm³/mol. The number of hydrogen-bond donors (Lipinski definition) is 1. The zero-order valence-electron chi connectivity index (χ0n) is 16.0. The lowest BCUT2D eigenvalue weighted by Gasteiger charge is -2.15. The number of unbranched alkanes of at least 4 members (excludes halogenated alkanes) is 10. The van der Waals surface area contributed by atoms with E-state index in [1.165, 1.54) is 69.6 Å². The van der Waals surface area contributed by atoms with Crippen molar-refractivity contribution in [1.82, 2.24) is 4.90 Å². The van der Waals surface area contributed by atoms with Crippen molar-refractivity contribution < 1.29 is 9.59 Å². The highest BCUT2D eigenvalue weighted by Crippen LogP contribution is 2.12. The van der Waals surface area contributed by atoms with Gasteiger partial charge < -0.3 is 10.6 Å². The molecule has 1 amide bonds. The van der Waals surface area contributed by atoms with Gasteiger partial charge in [0.25, 0.3) is 0 Å². The number of carbonyl (C=O) groups excluding carboxylic acids is 2. The molecule has 5 heteroatoms. The molecule has 0 saturated heterocycles. The second-order valence-electron chi connectivity index (χ2n) is 6.71. The van der Waals surface area contributed by atoms with Gasteiger partial charge >= 0.3 is 0 Å². The Morgan fingerprint density at radius 3 is 1.79 bits per heavy atom. The lowest BCUT2D eigenvalue weighted by atomic mass is 10.1. The monoisotopic (exact) mass is 339 g/mol. The Morgan fingerprint density at radius 1 is 0.875 bits per heavy atom. The van der Waals surface area contributed by atoms with Gasteiger partial charge in [0.2, 0.25) is 5.91 Å². The van der Waals surface area contributed by atoms with E-state index in [-0.39, 0.29) is 24.2 Å². The van der Waals surface area contributed by atoms with Crippen LogP contribution in [0.5, 0.6) is 0 Å². The number of amides is 1. The minimum absolute atomic E-state index is 0.00605. The van der Waals surface area contributed by atoms with Crippen LogP contribution in [-0.4, -0.2) is 36.1 Å². The average Bonchev–Trinajstić information content (AvgIpc) is 2.51. The van der Waals surface area contributed by atoms with Gasteiger partial charge in [-0.3, -0.25) is 9.59 Å². The fraction of sp³-hybridized carbons (Fsp3) is 0.842. The lowest BCUT2D eigenvalue weighted by molar-refractivity contribution is -0.119. The second-order valence-corrected chi connectivity index (χ2v) is 6.71. The third-order valence-corrected chi connectivity index (χ3v) is 4.08. The minimum Gasteiger partial charge on any atom is -0.369 e. The van der Waals surface area contributed by atoms with E-state index >= 15 is 0 Å². The molecule has 5 nitrogen and oxygen atoms in total. The van der Waals surface area contributed by atoms with Crippen LogP contribution >= 0.6 is 0 Å². The molecule has 0 saturated carbocycles. The van der Waals surface area contributed by atoms with E-state index in [2.05, 4.69) is 11.9 Å². The van der Waals surface area contributed by atoms with Gasteiger partial charge in [0.05, 0.1) is 6.54 Å². The fourth-order valence-corrected chi connectivity index (χ4v) is 2.62. The highest BCUT2D eigenvalue weighted by Gasteiger charge is 2.07. The first kappa shape index (κ1) is 22.6. The number of guanidine groups is 1. The van der Waals surface area contributed by atoms with Crippen LogP contribution in [0.4, 0.5) is 0 Å². The SMILES string of the molecule is CCCCCCCCCCCCCC(=O)N=C(N)N(C)CC(C)=O. The van der Waals surface area contributed by atoms with E-state index in [0.29, 0.717) is 6.42 Å². The van der Waals surface area contributed by atoms with Gasteiger partial charge in [-0.15, -0.1) is 0 Å². The van der Waals surface area contributed by atoms with Crippen molar-refractivity contribution in [2.45, 2.75) is 90.9 Å². The Morgan fingerprint density at radius 2 is 1.33 bits per heavy atom. The summed E-state index contributed by atoms with van der Waals surface area (Å²) in [5.41, 5.74) is 5.70. The molecule has 2 N–H and O–H groups in total. The molecule has 140 valence electrons. The number of likely N-dealkylation sites (N-methyl/N-ethyl adjacent to an activating group) is 1. The van der Waals surface area contributed by atoms with Crippen molar-refractivity contribution >= 4 is 17.6 Å². The maximum atomic E-state index is 11.7. The molecule has 0 aliphatic rings. The van der Waals surface area contributed by atoms with Crippen LogP contribution in [0.2, 0.25) is 0 Å². The largest absolute Gasteiger partial charge is 0.369 e. The zero-order valence-corrected chi connectivity index (χ0v) is 16.0. The van der Waals surface area contributed by atoms with Crippen molar-refractivity contribution in [2.24, 2.45) is 10.7 Å². The summed E-state index contributed by atoms with van der Waals surface area (Å²) in [6.45, 7) is 3.91. The molecular formula is C19H37N3O2. The van der Waals surface area contributed by atoms with Crippen LogP contribution in [0.15, 0.2) is 4.99 Å². The van der Waals surface area contributed by atoms with Crippen molar-refractivity contribution in [3.63, 3.8) is 0 Å². The number of ketones is 1. The summed E-state index contributed by atoms with van der Waals surface area (Å²) < 4.78 is 0. The number of hydrogen-bond acceptors (Lipinski definition) is 2. The Bertz CT molecular complexity index is 381. The van der Waals surface area contributed by atoms with Crippen LogP contribution < -0.4 is 5.73 Å². The molecule has 0 aromatic rings. The van der Waals surface area contributed by atoms with E-state index in [9.17, 15) is 9.59 Å². The maximum absolute atomic E-state index is 11.7. The molecule has 0 bridgehead atoms. The van der Waals surface area contributed by atoms with E-state index in [4.69, 9.17) is 5.73 Å². The second kappa shape index (κ2) is 15.2. The topological polar surface area (TPSA) is 75.8 Å². The lowest BCUT2D eigenvalue weighted by Crippen LogP contribution is -2.37. The van der Waals surface area contributed by atoms with Gasteiger partial charge in [-0.1, -0.05) is 71.1 Å². The third-order valence-electron chi connectivity index (χ3n) is 4.08. The standard InChI is InChI=1S/C19H37N3O2/c1-4-5-6-7-8-9-10-11-12-13-14-15-18(24)21-19(20)22(3)16-17(2)23/h4-16H2,1-3H3,(H2,20,21,24). The quantitative estimate of drug-likeness (QED) is 0.294. The number of nitrogens with zero attached hydrogens (tertiary/aromatic N) is 2. The molecule has 0 fully saturated rings. The first-order valence-corrected chi connectivity index (χ1v) is 9.55.